The summed E-state index contributed by atoms with van der Waals surface area (Å²) in [6.07, 6.45) is 4.99. The second-order valence-electron chi connectivity index (χ2n) is 8.26. The van der Waals surface area contributed by atoms with Crippen LogP contribution in [0.2, 0.25) is 0 Å². The first kappa shape index (κ1) is 24.2. The van der Waals surface area contributed by atoms with Crippen molar-refractivity contribution in [2.75, 3.05) is 12.9 Å². The Hall–Kier alpha value is -2.47. The van der Waals surface area contributed by atoms with Crippen LogP contribution in [0.15, 0.2) is 54.6 Å². The number of hydrogen-bond acceptors (Lipinski definition) is 4. The zero-order chi connectivity index (χ0) is 22.8. The van der Waals surface area contributed by atoms with Gasteiger partial charge in [-0.05, 0) is 42.5 Å². The van der Waals surface area contributed by atoms with Gasteiger partial charge in [-0.3, -0.25) is 9.59 Å². The van der Waals surface area contributed by atoms with Crippen molar-refractivity contribution in [3.63, 3.8) is 0 Å². The second-order valence-corrected chi connectivity index (χ2v) is 9.25. The summed E-state index contributed by atoms with van der Waals surface area (Å²) >= 11 is 1.58. The Balaban J connectivity index is 1.65. The number of carbonyl (C=O) groups excluding carboxylic acids is 2. The second kappa shape index (κ2) is 12.5. The van der Waals surface area contributed by atoms with Gasteiger partial charge in [-0.1, -0.05) is 62.2 Å². The first-order valence-electron chi connectivity index (χ1n) is 11.4. The summed E-state index contributed by atoms with van der Waals surface area (Å²) < 4.78 is 5.20. The third kappa shape index (κ3) is 7.02. The zero-order valence-electron chi connectivity index (χ0n) is 19.1. The van der Waals surface area contributed by atoms with Crippen LogP contribution in [0.3, 0.4) is 0 Å². The molecule has 0 spiro atoms. The Kier molecular flexibility index (Phi) is 9.47. The largest absolute Gasteiger partial charge is 0.497 e. The van der Waals surface area contributed by atoms with Crippen LogP contribution in [0.5, 0.6) is 5.75 Å². The minimum absolute atomic E-state index is 0.000728. The molecule has 0 bridgehead atoms. The third-order valence-corrected chi connectivity index (χ3v) is 6.93. The molecule has 0 aliphatic heterocycles. The summed E-state index contributed by atoms with van der Waals surface area (Å²) in [5.74, 6) is 1.87. The minimum Gasteiger partial charge on any atom is -0.497 e. The van der Waals surface area contributed by atoms with Crippen LogP contribution in [0, 0.1) is 0 Å². The molecule has 1 atom stereocenters. The van der Waals surface area contributed by atoms with Crippen LogP contribution in [0.4, 0.5) is 0 Å². The highest BCUT2D eigenvalue weighted by Gasteiger charge is 2.30. The summed E-state index contributed by atoms with van der Waals surface area (Å²) in [6, 6.07) is 17.6. The summed E-state index contributed by atoms with van der Waals surface area (Å²) in [5.41, 5.74) is 2.18. The van der Waals surface area contributed by atoms with E-state index in [9.17, 15) is 9.59 Å². The summed E-state index contributed by atoms with van der Waals surface area (Å²) in [7, 11) is 1.65. The lowest BCUT2D eigenvalue weighted by molar-refractivity contribution is -0.139. The summed E-state index contributed by atoms with van der Waals surface area (Å²) in [4.78, 5) is 28.1. The lowest BCUT2D eigenvalue weighted by Crippen LogP contribution is -2.51. The fraction of sp³-hybridized carbons (Fsp3) is 0.462. The van der Waals surface area contributed by atoms with Gasteiger partial charge in [-0.25, -0.2) is 0 Å². The fourth-order valence-corrected chi connectivity index (χ4v) is 5.00. The predicted molar refractivity (Wildman–Crippen MR) is 131 cm³/mol. The fourth-order valence-electron chi connectivity index (χ4n) is 4.13. The molecule has 1 saturated carbocycles. The topological polar surface area (TPSA) is 58.6 Å². The van der Waals surface area contributed by atoms with Gasteiger partial charge in [0, 0.05) is 18.3 Å². The van der Waals surface area contributed by atoms with Crippen molar-refractivity contribution in [2.45, 2.75) is 63.4 Å². The molecule has 1 fully saturated rings. The van der Waals surface area contributed by atoms with E-state index in [1.54, 1.807) is 23.8 Å². The zero-order valence-corrected chi connectivity index (χ0v) is 19.9. The summed E-state index contributed by atoms with van der Waals surface area (Å²) in [5, 5.41) is 3.19. The van der Waals surface area contributed by atoms with E-state index in [1.807, 2.05) is 61.5 Å². The predicted octanol–water partition coefficient (Wildman–Crippen LogP) is 4.79. The van der Waals surface area contributed by atoms with Crippen molar-refractivity contribution in [2.24, 2.45) is 0 Å². The molecule has 0 unspecified atom stereocenters. The Morgan fingerprint density at radius 1 is 1.06 bits per heavy atom. The van der Waals surface area contributed by atoms with Crippen molar-refractivity contribution < 1.29 is 14.3 Å². The van der Waals surface area contributed by atoms with E-state index in [0.29, 0.717) is 18.7 Å². The van der Waals surface area contributed by atoms with Gasteiger partial charge in [0.1, 0.15) is 11.8 Å². The van der Waals surface area contributed by atoms with Gasteiger partial charge in [0.25, 0.3) is 0 Å². The molecule has 2 aromatic rings. The maximum atomic E-state index is 13.3. The van der Waals surface area contributed by atoms with E-state index in [1.165, 1.54) is 0 Å². The van der Waals surface area contributed by atoms with Crippen molar-refractivity contribution >= 4 is 23.6 Å². The molecule has 172 valence electrons. The minimum atomic E-state index is -0.454. The highest BCUT2D eigenvalue weighted by atomic mass is 32.2. The van der Waals surface area contributed by atoms with E-state index in [-0.39, 0.29) is 17.9 Å². The molecule has 0 saturated heterocycles. The monoisotopic (exact) mass is 454 g/mol. The highest BCUT2D eigenvalue weighted by molar-refractivity contribution is 7.99. The molecule has 0 radical (unpaired) electrons. The van der Waals surface area contributed by atoms with Crippen LogP contribution in [0.25, 0.3) is 0 Å². The number of amides is 2. The van der Waals surface area contributed by atoms with Gasteiger partial charge in [0.15, 0.2) is 0 Å². The van der Waals surface area contributed by atoms with Gasteiger partial charge >= 0.3 is 0 Å². The Morgan fingerprint density at radius 2 is 1.75 bits per heavy atom. The molecule has 0 aromatic heterocycles. The van der Waals surface area contributed by atoms with E-state index in [0.717, 1.165) is 48.3 Å². The molecule has 5 nitrogen and oxygen atoms in total. The van der Waals surface area contributed by atoms with Crippen molar-refractivity contribution in [1.29, 1.82) is 0 Å². The average Bonchev–Trinajstić information content (AvgIpc) is 3.33. The van der Waals surface area contributed by atoms with Crippen LogP contribution in [0.1, 0.15) is 50.2 Å². The molecule has 1 N–H and O–H groups in total. The first-order chi connectivity index (χ1) is 15.6. The van der Waals surface area contributed by atoms with Gasteiger partial charge in [-0.15, -0.1) is 11.8 Å². The van der Waals surface area contributed by atoms with Crippen LogP contribution in [-0.4, -0.2) is 41.7 Å². The first-order valence-corrected chi connectivity index (χ1v) is 12.6. The Morgan fingerprint density at radius 3 is 2.38 bits per heavy atom. The number of carbonyl (C=O) groups is 2. The maximum Gasteiger partial charge on any atom is 0.243 e. The normalized spacial score (nSPS) is 14.7. The number of ether oxygens (including phenoxy) is 1. The number of methoxy groups -OCH3 is 1. The molecule has 0 heterocycles. The van der Waals surface area contributed by atoms with Crippen molar-refractivity contribution in [3.05, 3.63) is 65.7 Å². The van der Waals surface area contributed by atoms with E-state index < -0.39 is 6.04 Å². The van der Waals surface area contributed by atoms with Crippen LogP contribution >= 0.6 is 11.8 Å². The molecular formula is C26H34N2O3S. The molecular weight excluding hydrogens is 420 g/mol. The molecule has 1 aliphatic carbocycles. The average molecular weight is 455 g/mol. The lowest BCUT2D eigenvalue weighted by atomic mass is 10.1. The molecule has 1 aliphatic rings. The SMILES string of the molecule is CC[C@H](C(=O)NC1CCCC1)N(Cc1ccccc1)C(=O)CSCc1ccc(OC)cc1. The van der Waals surface area contributed by atoms with Gasteiger partial charge in [0.2, 0.25) is 11.8 Å². The molecule has 3 rings (SSSR count). The molecule has 2 amide bonds. The molecule has 2 aromatic carbocycles. The van der Waals surface area contributed by atoms with Crippen molar-refractivity contribution in [1.82, 2.24) is 10.2 Å². The van der Waals surface area contributed by atoms with Gasteiger partial charge in [-0.2, -0.15) is 0 Å². The third-order valence-electron chi connectivity index (χ3n) is 5.94. The van der Waals surface area contributed by atoms with E-state index in [2.05, 4.69) is 5.32 Å². The van der Waals surface area contributed by atoms with Crippen LogP contribution < -0.4 is 10.1 Å². The standard InChI is InChI=1S/C26H34N2O3S/c1-3-24(26(30)27-22-11-7-8-12-22)28(17-20-9-5-4-6-10-20)25(29)19-32-18-21-13-15-23(31-2)16-14-21/h4-6,9-10,13-16,22,24H,3,7-8,11-12,17-19H2,1-2H3,(H,27,30)/t24-/m1/s1. The Labute approximate surface area is 195 Å². The number of nitrogens with zero attached hydrogens (tertiary/aromatic N) is 1. The number of nitrogens with one attached hydrogen (secondary N) is 1. The van der Waals surface area contributed by atoms with E-state index in [4.69, 9.17) is 4.74 Å². The smallest absolute Gasteiger partial charge is 0.243 e. The number of thioether (sulfide) groups is 1. The lowest BCUT2D eigenvalue weighted by Gasteiger charge is -2.31. The number of benzene rings is 2. The van der Waals surface area contributed by atoms with Gasteiger partial charge < -0.3 is 15.0 Å². The Bertz CT molecular complexity index is 851. The maximum absolute atomic E-state index is 13.3. The van der Waals surface area contributed by atoms with E-state index >= 15 is 0 Å². The van der Waals surface area contributed by atoms with Crippen LogP contribution in [-0.2, 0) is 21.9 Å². The highest BCUT2D eigenvalue weighted by Crippen LogP contribution is 2.21. The summed E-state index contributed by atoms with van der Waals surface area (Å²) in [6.45, 7) is 2.42. The quantitative estimate of drug-likeness (QED) is 0.530. The number of rotatable bonds is 11. The molecule has 32 heavy (non-hydrogen) atoms. The van der Waals surface area contributed by atoms with Gasteiger partial charge in [0.05, 0.1) is 12.9 Å². The molecule has 6 heteroatoms. The van der Waals surface area contributed by atoms with Crippen molar-refractivity contribution in [3.8, 4) is 5.75 Å². The number of hydrogen-bond donors (Lipinski definition) is 1.